The summed E-state index contributed by atoms with van der Waals surface area (Å²) in [5.41, 5.74) is 20.3. The minimum Gasteiger partial charge on any atom is -0.507 e. The molecule has 0 saturated carbocycles. The molecule has 9 heterocycles. The minimum atomic E-state index is -0.0949. The Labute approximate surface area is 440 Å². The van der Waals surface area contributed by atoms with E-state index in [9.17, 15) is 15.5 Å². The van der Waals surface area contributed by atoms with Crippen LogP contribution in [0.1, 0.15) is 50.1 Å². The molecule has 4 aliphatic heterocycles. The van der Waals surface area contributed by atoms with E-state index in [0.717, 1.165) is 68.3 Å². The van der Waals surface area contributed by atoms with Gasteiger partial charge in [0.1, 0.15) is 53.7 Å². The third-order valence-electron chi connectivity index (χ3n) is 15.0. The van der Waals surface area contributed by atoms with E-state index in [1.165, 1.54) is 6.33 Å². The number of likely N-dealkylation sites (tertiary alicyclic amines) is 1. The van der Waals surface area contributed by atoms with Crippen molar-refractivity contribution in [2.45, 2.75) is 63.9 Å². The van der Waals surface area contributed by atoms with E-state index < -0.39 is 0 Å². The summed E-state index contributed by atoms with van der Waals surface area (Å²) in [4.78, 5) is 24.3. The highest BCUT2D eigenvalue weighted by molar-refractivity contribution is 5.88. The lowest BCUT2D eigenvalue weighted by Crippen LogP contribution is -2.37. The number of aromatic nitrogens is 9. The second-order valence-electron chi connectivity index (χ2n) is 19.6. The smallest absolute Gasteiger partial charge is 0.169 e. The number of phenolic OH excluding ortho intramolecular Hbond substituents is 2. The zero-order valence-electron chi connectivity index (χ0n) is 42.3. The molecular formula is C56H57N17O3. The molecule has 20 heteroatoms. The number of phenols is 2. The Morgan fingerprint density at radius 2 is 1.33 bits per heavy atom. The van der Waals surface area contributed by atoms with Crippen molar-refractivity contribution >= 4 is 34.4 Å². The van der Waals surface area contributed by atoms with Gasteiger partial charge in [-0.1, -0.05) is 36.1 Å². The van der Waals surface area contributed by atoms with E-state index in [4.69, 9.17) is 16.2 Å². The lowest BCUT2D eigenvalue weighted by Gasteiger charge is -2.30. The van der Waals surface area contributed by atoms with Gasteiger partial charge in [-0.05, 0) is 87.4 Å². The normalized spacial score (nSPS) is 19.5. The highest BCUT2D eigenvalue weighted by Crippen LogP contribution is 2.45. The zero-order chi connectivity index (χ0) is 52.3. The Morgan fingerprint density at radius 1 is 0.697 bits per heavy atom. The number of rotatable bonds is 9. The molecule has 0 amide bonds. The summed E-state index contributed by atoms with van der Waals surface area (Å²) >= 11 is 0. The largest absolute Gasteiger partial charge is 0.507 e. The van der Waals surface area contributed by atoms with Gasteiger partial charge in [0.2, 0.25) is 0 Å². The number of pyridine rings is 2. The maximum atomic E-state index is 12.0. The lowest BCUT2D eigenvalue weighted by molar-refractivity contribution is 0.0363. The van der Waals surface area contributed by atoms with Crippen molar-refractivity contribution in [1.82, 2.24) is 50.0 Å². The van der Waals surface area contributed by atoms with Crippen LogP contribution in [0.5, 0.6) is 11.5 Å². The van der Waals surface area contributed by atoms with Crippen LogP contribution in [0, 0.1) is 35.0 Å². The molecule has 0 spiro atoms. The van der Waals surface area contributed by atoms with E-state index in [-0.39, 0.29) is 29.4 Å². The van der Waals surface area contributed by atoms with Crippen LogP contribution in [0.15, 0.2) is 91.8 Å². The van der Waals surface area contributed by atoms with Crippen LogP contribution >= 0.6 is 0 Å². The van der Waals surface area contributed by atoms with Crippen LogP contribution in [0.25, 0.3) is 33.6 Å². The van der Waals surface area contributed by atoms with Gasteiger partial charge in [-0.25, -0.2) is 19.6 Å². The predicted octanol–water partition coefficient (Wildman–Crippen LogP) is 5.18. The molecular weight excluding hydrogens is 959 g/mol. The standard InChI is InChI=1S/C56H57N17O3/c1-36-15-21-68(23-25-72(36)39-13-17-61-38(27-39)7-5-19-70-32-41-28-40(70)33-76-41)51-29-48(64-66-55(51)58)44-10-3-8-42(53(44)74)43-9-4-11-45(54(43)75)49-30-52(56(59)67-65-49)69-22-16-37(2)73(26-24-69)50-14-18-62-47(46(50)31-57)12-6-20-71-35-60-34-63-71/h3-4,8-11,13-14,17-18,27,29-30,34-37,40-41,74-75H,15-16,19-26,28,32-33H2,1-2H3,(H2,58,66)(H2,59,67)/t36-,37?,40+,41+/m1/s1. The fraction of sp³-hybridized carbons (Fsp3) is 0.339. The van der Waals surface area contributed by atoms with Crippen LogP contribution in [-0.2, 0) is 11.3 Å². The van der Waals surface area contributed by atoms with Gasteiger partial charge in [0, 0.05) is 104 Å². The van der Waals surface area contributed by atoms with Crippen molar-refractivity contribution in [3.8, 4) is 74.9 Å². The average molecular weight is 1020 g/mol. The number of aromatic hydroxyl groups is 2. The fourth-order valence-corrected chi connectivity index (χ4v) is 10.8. The van der Waals surface area contributed by atoms with Gasteiger partial charge in [0.15, 0.2) is 11.6 Å². The van der Waals surface area contributed by atoms with Gasteiger partial charge in [-0.2, -0.15) is 10.4 Å². The van der Waals surface area contributed by atoms with Gasteiger partial charge in [0.25, 0.3) is 0 Å². The topological polar surface area (TPSA) is 250 Å². The Morgan fingerprint density at radius 3 is 1.95 bits per heavy atom. The second kappa shape index (κ2) is 21.4. The number of morpholine rings is 1. The number of fused-ring (bicyclic) bond motifs is 2. The maximum Gasteiger partial charge on any atom is 0.169 e. The third kappa shape index (κ3) is 10.0. The molecule has 5 aromatic heterocycles. The number of nitrogens with two attached hydrogens (primary N) is 2. The number of hydrogen-bond donors (Lipinski definition) is 4. The predicted molar refractivity (Wildman–Crippen MR) is 290 cm³/mol. The number of hydrogen-bond acceptors (Lipinski definition) is 19. The summed E-state index contributed by atoms with van der Waals surface area (Å²) < 4.78 is 7.35. The maximum absolute atomic E-state index is 12.0. The van der Waals surface area contributed by atoms with Crippen LogP contribution in [0.2, 0.25) is 0 Å². The molecule has 4 fully saturated rings. The number of ether oxygens (including phenoxy) is 1. The number of para-hydroxylation sites is 2. The van der Waals surface area contributed by atoms with Crippen LogP contribution in [0.3, 0.4) is 0 Å². The summed E-state index contributed by atoms with van der Waals surface area (Å²) in [7, 11) is 0. The fourth-order valence-electron chi connectivity index (χ4n) is 10.8. The minimum absolute atomic E-state index is 0.0556. The number of nitrogens with zero attached hydrogens (tertiary/aromatic N) is 15. The van der Waals surface area contributed by atoms with E-state index in [0.29, 0.717) is 108 Å². The van der Waals surface area contributed by atoms with Gasteiger partial charge < -0.3 is 46.0 Å². The van der Waals surface area contributed by atoms with E-state index in [2.05, 4.69) is 115 Å². The van der Waals surface area contributed by atoms with Gasteiger partial charge >= 0.3 is 0 Å². The molecule has 20 nitrogen and oxygen atoms in total. The Kier molecular flexibility index (Phi) is 13.9. The van der Waals surface area contributed by atoms with Crippen molar-refractivity contribution in [3.63, 3.8) is 0 Å². The molecule has 4 aliphatic rings. The van der Waals surface area contributed by atoms with Crippen molar-refractivity contribution in [1.29, 1.82) is 5.26 Å². The second-order valence-corrected chi connectivity index (χ2v) is 19.6. The summed E-state index contributed by atoms with van der Waals surface area (Å²) in [5, 5.41) is 56.1. The highest BCUT2D eigenvalue weighted by atomic mass is 16.5. The van der Waals surface area contributed by atoms with Crippen molar-refractivity contribution in [3.05, 3.63) is 109 Å². The van der Waals surface area contributed by atoms with E-state index in [1.54, 1.807) is 47.5 Å². The Hall–Kier alpha value is -9.03. The molecule has 0 radical (unpaired) electrons. The van der Waals surface area contributed by atoms with E-state index in [1.807, 2.05) is 36.5 Å². The first-order valence-electron chi connectivity index (χ1n) is 25.6. The number of nitriles is 1. The molecule has 2 bridgehead atoms. The average Bonchev–Trinajstić information content (AvgIpc) is 4.20. The quantitative estimate of drug-likeness (QED) is 0.136. The van der Waals surface area contributed by atoms with Crippen LogP contribution in [0.4, 0.5) is 34.4 Å². The first kappa shape index (κ1) is 49.2. The Bertz CT molecular complexity index is 3450. The van der Waals surface area contributed by atoms with Crippen molar-refractivity contribution < 1.29 is 14.9 Å². The van der Waals surface area contributed by atoms with E-state index >= 15 is 0 Å². The third-order valence-corrected chi connectivity index (χ3v) is 15.0. The first-order valence-corrected chi connectivity index (χ1v) is 25.6. The number of benzene rings is 2. The molecule has 1 unspecified atom stereocenters. The molecule has 11 rings (SSSR count). The summed E-state index contributed by atoms with van der Waals surface area (Å²) in [6.07, 6.45) is 9.58. The van der Waals surface area contributed by atoms with Gasteiger partial charge in [-0.15, -0.1) is 20.4 Å². The molecule has 2 aromatic carbocycles. The van der Waals surface area contributed by atoms with Gasteiger partial charge in [0.05, 0.1) is 47.7 Å². The van der Waals surface area contributed by atoms with Gasteiger partial charge in [-0.3, -0.25) is 4.90 Å². The summed E-state index contributed by atoms with van der Waals surface area (Å²) in [6, 6.07) is 23.4. The highest BCUT2D eigenvalue weighted by Gasteiger charge is 2.38. The van der Waals surface area contributed by atoms with Crippen molar-refractivity contribution in [2.75, 3.05) is 90.0 Å². The first-order chi connectivity index (χ1) is 37.1. The molecule has 4 saturated heterocycles. The summed E-state index contributed by atoms with van der Waals surface area (Å²) in [5.74, 6) is 13.1. The Balaban J connectivity index is 0.794. The lowest BCUT2D eigenvalue weighted by atomic mass is 9.96. The zero-order valence-corrected chi connectivity index (χ0v) is 42.3. The molecule has 76 heavy (non-hydrogen) atoms. The van der Waals surface area contributed by atoms with Crippen molar-refractivity contribution in [2.24, 2.45) is 0 Å². The monoisotopic (exact) mass is 1020 g/mol. The van der Waals surface area contributed by atoms with Crippen LogP contribution < -0.4 is 31.1 Å². The molecule has 0 aliphatic carbocycles. The molecule has 7 aromatic rings. The summed E-state index contributed by atoms with van der Waals surface area (Å²) in [6.45, 7) is 11.0. The molecule has 6 N–H and O–H groups in total. The molecule has 4 atom stereocenters. The molecule has 384 valence electrons. The number of anilines is 6. The SMILES string of the molecule is CC1CCN(c2cc(-c3cccc(-c4cccc(-c5cc(N6CC[C@@H](C)N(c7ccnc(C#CCN8C[C@@H]9C[C@H]8CO9)c7)CC6)c(N)nn5)c4O)c3O)nnc2N)CCN1c1ccnc(C#CCn2cncn2)c1C#N. The van der Waals surface area contributed by atoms with Crippen LogP contribution in [-0.4, -0.2) is 143 Å². The number of nitrogen functional groups attached to an aromatic ring is 2.